The van der Waals surface area contributed by atoms with E-state index in [-0.39, 0.29) is 0 Å². The molecule has 2 heterocycles. The molecule has 0 saturated heterocycles. The highest BCUT2D eigenvalue weighted by molar-refractivity contribution is 5.28. The van der Waals surface area contributed by atoms with Crippen LogP contribution in [0.3, 0.4) is 0 Å². The van der Waals surface area contributed by atoms with Crippen molar-refractivity contribution in [2.75, 3.05) is 18.8 Å². The lowest BCUT2D eigenvalue weighted by Gasteiger charge is -2.24. The van der Waals surface area contributed by atoms with E-state index in [1.54, 1.807) is 6.20 Å². The summed E-state index contributed by atoms with van der Waals surface area (Å²) in [5.41, 5.74) is 7.85. The highest BCUT2D eigenvalue weighted by Crippen LogP contribution is 2.16. The second-order valence-corrected chi connectivity index (χ2v) is 4.12. The fraction of sp³-hybridized carbons (Fsp3) is 0.636. The van der Waals surface area contributed by atoms with Crippen molar-refractivity contribution in [3.63, 3.8) is 0 Å². The van der Waals surface area contributed by atoms with Crippen LogP contribution in [0.15, 0.2) is 6.20 Å². The average molecular weight is 206 g/mol. The smallest absolute Gasteiger partial charge is 0.142 e. The normalized spacial score (nSPS) is 22.1. The van der Waals surface area contributed by atoms with Crippen molar-refractivity contribution < 1.29 is 0 Å². The fourth-order valence-electron chi connectivity index (χ4n) is 2.19. The second-order valence-electron chi connectivity index (χ2n) is 4.12. The first-order valence-electron chi connectivity index (χ1n) is 5.55. The maximum absolute atomic E-state index is 5.65. The monoisotopic (exact) mass is 206 g/mol. The van der Waals surface area contributed by atoms with Gasteiger partial charge in [-0.15, -0.1) is 0 Å². The molecule has 4 nitrogen and oxygen atoms in total. The molecule has 0 unspecified atom stereocenters. The predicted octanol–water partition coefficient (Wildman–Crippen LogP) is 0.868. The largest absolute Gasteiger partial charge is 0.382 e. The van der Waals surface area contributed by atoms with Gasteiger partial charge in [0.15, 0.2) is 0 Å². The Labute approximate surface area is 90.5 Å². The van der Waals surface area contributed by atoms with Crippen LogP contribution in [0.1, 0.15) is 25.2 Å². The Morgan fingerprint density at radius 1 is 1.53 bits per heavy atom. The van der Waals surface area contributed by atoms with Gasteiger partial charge in [-0.3, -0.25) is 4.98 Å². The molecule has 2 rings (SSSR count). The third kappa shape index (κ3) is 2.09. The summed E-state index contributed by atoms with van der Waals surface area (Å²) in [5.74, 6) is 0.534. The molecule has 0 fully saturated rings. The lowest BCUT2D eigenvalue weighted by molar-refractivity contribution is 0.227. The van der Waals surface area contributed by atoms with E-state index in [2.05, 4.69) is 28.7 Å². The van der Waals surface area contributed by atoms with Gasteiger partial charge >= 0.3 is 0 Å². The average Bonchev–Trinajstić information content (AvgIpc) is 2.36. The van der Waals surface area contributed by atoms with E-state index < -0.39 is 0 Å². The van der Waals surface area contributed by atoms with Gasteiger partial charge in [0.2, 0.25) is 0 Å². The van der Waals surface area contributed by atoms with E-state index in [4.69, 9.17) is 5.73 Å². The third-order valence-electron chi connectivity index (χ3n) is 3.10. The predicted molar refractivity (Wildman–Crippen MR) is 60.6 cm³/mol. The van der Waals surface area contributed by atoms with Gasteiger partial charge < -0.3 is 10.6 Å². The zero-order valence-electron chi connectivity index (χ0n) is 9.40. The Morgan fingerprint density at radius 2 is 2.33 bits per heavy atom. The van der Waals surface area contributed by atoms with Gasteiger partial charge in [0.1, 0.15) is 5.82 Å². The number of likely N-dealkylation sites (N-methyl/N-ethyl adjacent to an activating group) is 1. The van der Waals surface area contributed by atoms with E-state index >= 15 is 0 Å². The van der Waals surface area contributed by atoms with E-state index in [1.165, 1.54) is 0 Å². The number of hydrogen-bond donors (Lipinski definition) is 1. The minimum Gasteiger partial charge on any atom is -0.382 e. The molecule has 0 amide bonds. The highest BCUT2D eigenvalue weighted by Gasteiger charge is 2.20. The van der Waals surface area contributed by atoms with E-state index in [0.717, 1.165) is 37.3 Å². The maximum atomic E-state index is 5.65. The molecule has 15 heavy (non-hydrogen) atoms. The van der Waals surface area contributed by atoms with Crippen molar-refractivity contribution in [2.24, 2.45) is 0 Å². The molecule has 0 aliphatic carbocycles. The third-order valence-corrected chi connectivity index (χ3v) is 3.10. The lowest BCUT2D eigenvalue weighted by atomic mass is 10.1. The zero-order chi connectivity index (χ0) is 10.8. The van der Waals surface area contributed by atoms with Crippen LogP contribution in [0, 0.1) is 0 Å². The number of nitrogens with two attached hydrogens (primary N) is 1. The molecule has 1 aliphatic rings. The molecule has 1 atom stereocenters. The number of nitrogen functional groups attached to an aromatic ring is 1. The minimum atomic E-state index is 0.534. The summed E-state index contributed by atoms with van der Waals surface area (Å²) >= 11 is 0. The first kappa shape index (κ1) is 10.4. The van der Waals surface area contributed by atoms with Crippen LogP contribution in [0.2, 0.25) is 0 Å². The van der Waals surface area contributed by atoms with E-state index in [1.807, 2.05) is 0 Å². The number of nitrogens with zero attached hydrogens (tertiary/aromatic N) is 3. The number of hydrogen-bond acceptors (Lipinski definition) is 4. The van der Waals surface area contributed by atoms with Gasteiger partial charge in [-0.25, -0.2) is 4.98 Å². The van der Waals surface area contributed by atoms with Crippen LogP contribution < -0.4 is 5.73 Å². The summed E-state index contributed by atoms with van der Waals surface area (Å²) in [6.45, 7) is 6.59. The Hall–Kier alpha value is -1.16. The van der Waals surface area contributed by atoms with E-state index in [0.29, 0.717) is 11.9 Å². The minimum absolute atomic E-state index is 0.534. The van der Waals surface area contributed by atoms with Crippen LogP contribution >= 0.6 is 0 Å². The van der Waals surface area contributed by atoms with Crippen molar-refractivity contribution >= 4 is 5.82 Å². The summed E-state index contributed by atoms with van der Waals surface area (Å²) < 4.78 is 0. The van der Waals surface area contributed by atoms with Crippen LogP contribution in [0.25, 0.3) is 0 Å². The van der Waals surface area contributed by atoms with Crippen molar-refractivity contribution in [2.45, 2.75) is 32.7 Å². The van der Waals surface area contributed by atoms with Gasteiger partial charge in [0.05, 0.1) is 17.6 Å². The molecule has 1 aromatic rings. The first-order chi connectivity index (χ1) is 7.20. The van der Waals surface area contributed by atoms with Gasteiger partial charge in [-0.2, -0.15) is 0 Å². The molecule has 0 saturated carbocycles. The Morgan fingerprint density at radius 3 is 3.07 bits per heavy atom. The van der Waals surface area contributed by atoms with Crippen LogP contribution in [-0.4, -0.2) is 34.0 Å². The van der Waals surface area contributed by atoms with Crippen LogP contribution in [0.4, 0.5) is 5.82 Å². The highest BCUT2D eigenvalue weighted by atomic mass is 15.1. The summed E-state index contributed by atoms with van der Waals surface area (Å²) in [4.78, 5) is 11.2. The molecule has 1 aromatic heterocycles. The van der Waals surface area contributed by atoms with Gasteiger partial charge in [0, 0.05) is 25.4 Å². The fourth-order valence-corrected chi connectivity index (χ4v) is 2.19. The van der Waals surface area contributed by atoms with Crippen LogP contribution in [-0.2, 0) is 12.8 Å². The molecule has 0 spiro atoms. The molecule has 2 N–H and O–H groups in total. The molecule has 0 radical (unpaired) electrons. The topological polar surface area (TPSA) is 55.0 Å². The molecular weight excluding hydrogens is 188 g/mol. The van der Waals surface area contributed by atoms with Crippen molar-refractivity contribution in [3.8, 4) is 0 Å². The summed E-state index contributed by atoms with van der Waals surface area (Å²) in [5, 5.41) is 0. The summed E-state index contributed by atoms with van der Waals surface area (Å²) in [6, 6.07) is 0.550. The van der Waals surface area contributed by atoms with Gasteiger partial charge in [0.25, 0.3) is 0 Å². The first-order valence-corrected chi connectivity index (χ1v) is 5.55. The van der Waals surface area contributed by atoms with Crippen molar-refractivity contribution in [1.29, 1.82) is 0 Å². The number of rotatable bonds is 1. The SMILES string of the molecule is CCN1CCc2nc(N)cnc2C[C@H]1C. The summed E-state index contributed by atoms with van der Waals surface area (Å²) in [7, 11) is 0. The number of anilines is 1. The summed E-state index contributed by atoms with van der Waals surface area (Å²) in [6.07, 6.45) is 3.61. The second kappa shape index (κ2) is 4.14. The quantitative estimate of drug-likeness (QED) is 0.740. The molecular formula is C11H18N4. The molecule has 0 bridgehead atoms. The van der Waals surface area contributed by atoms with Crippen molar-refractivity contribution in [3.05, 3.63) is 17.6 Å². The Balaban J connectivity index is 2.27. The molecule has 1 aliphatic heterocycles. The zero-order valence-corrected chi connectivity index (χ0v) is 9.40. The number of aromatic nitrogens is 2. The number of fused-ring (bicyclic) bond motifs is 1. The standard InChI is InChI=1S/C11H18N4/c1-3-15-5-4-9-10(6-8(15)2)13-7-11(12)14-9/h7-8H,3-6H2,1-2H3,(H2,12,14)/t8-/m1/s1. The maximum Gasteiger partial charge on any atom is 0.142 e. The van der Waals surface area contributed by atoms with Crippen LogP contribution in [0.5, 0.6) is 0 Å². The van der Waals surface area contributed by atoms with Gasteiger partial charge in [-0.1, -0.05) is 6.92 Å². The Bertz CT molecular complexity index is 350. The molecule has 4 heteroatoms. The van der Waals surface area contributed by atoms with Crippen molar-refractivity contribution in [1.82, 2.24) is 14.9 Å². The Kier molecular flexibility index (Phi) is 2.86. The molecule has 82 valence electrons. The van der Waals surface area contributed by atoms with E-state index in [9.17, 15) is 0 Å². The lowest BCUT2D eigenvalue weighted by Crippen LogP contribution is -2.34. The van der Waals surface area contributed by atoms with Gasteiger partial charge in [-0.05, 0) is 13.5 Å². The molecule has 0 aromatic carbocycles.